The number of hydrogen-bond donors (Lipinski definition) is 0. The van der Waals surface area contributed by atoms with Crippen molar-refractivity contribution in [3.05, 3.63) is 89.1 Å². The minimum atomic E-state index is -3.97. The first-order valence-corrected chi connectivity index (χ1v) is 10.5. The first-order valence-electron chi connectivity index (χ1n) is 8.69. The van der Waals surface area contributed by atoms with E-state index in [-0.39, 0.29) is 11.4 Å². The summed E-state index contributed by atoms with van der Waals surface area (Å²) in [5.74, 6) is 0.137. The number of rotatable bonds is 5. The highest BCUT2D eigenvalue weighted by atomic mass is 35.5. The summed E-state index contributed by atoms with van der Waals surface area (Å²) in [6, 6.07) is 15.4. The van der Waals surface area contributed by atoms with Crippen LogP contribution in [0.1, 0.15) is 11.4 Å². The Morgan fingerprint density at radius 2 is 1.83 bits per heavy atom. The van der Waals surface area contributed by atoms with E-state index < -0.39 is 15.8 Å². The maximum absolute atomic E-state index is 13.7. The second kappa shape index (κ2) is 7.46. The molecule has 4 rings (SSSR count). The van der Waals surface area contributed by atoms with Crippen molar-refractivity contribution < 1.29 is 12.8 Å². The fraction of sp³-hybridized carbons (Fsp3) is 0.100. The predicted octanol–water partition coefficient (Wildman–Crippen LogP) is 4.23. The molecule has 2 aromatic heterocycles. The lowest BCUT2D eigenvalue weighted by atomic mass is 10.2. The molecule has 0 aliphatic heterocycles. The number of pyridine rings is 1. The summed E-state index contributed by atoms with van der Waals surface area (Å²) >= 11 is 5.96. The summed E-state index contributed by atoms with van der Waals surface area (Å²) in [6.07, 6.45) is 1.48. The molecule has 0 aliphatic carbocycles. The minimum absolute atomic E-state index is 0.0408. The molecule has 0 unspecified atom stereocenters. The zero-order valence-electron chi connectivity index (χ0n) is 15.3. The molecule has 29 heavy (non-hydrogen) atoms. The van der Waals surface area contributed by atoms with E-state index in [9.17, 15) is 12.8 Å². The third-order valence-corrected chi connectivity index (χ3v) is 6.47. The van der Waals surface area contributed by atoms with Gasteiger partial charge in [0.25, 0.3) is 10.0 Å². The topological polar surface area (TPSA) is 67.6 Å². The normalized spacial score (nSPS) is 11.7. The number of aryl methyl sites for hydroxylation is 1. The Balaban J connectivity index is 1.83. The molecular formula is C20H16ClFN4O2S. The maximum atomic E-state index is 13.7. The van der Waals surface area contributed by atoms with Crippen molar-refractivity contribution in [1.29, 1.82) is 0 Å². The molecular weight excluding hydrogens is 415 g/mol. The van der Waals surface area contributed by atoms with Crippen LogP contribution in [0.2, 0.25) is 5.02 Å². The van der Waals surface area contributed by atoms with Crippen LogP contribution >= 0.6 is 11.6 Å². The number of nitrogens with zero attached hydrogens (tertiary/aromatic N) is 4. The number of sulfonamides is 1. The zero-order chi connectivity index (χ0) is 20.6. The highest BCUT2D eigenvalue weighted by molar-refractivity contribution is 7.92. The van der Waals surface area contributed by atoms with Gasteiger partial charge in [0.1, 0.15) is 16.5 Å². The van der Waals surface area contributed by atoms with Gasteiger partial charge >= 0.3 is 0 Å². The van der Waals surface area contributed by atoms with Gasteiger partial charge in [-0.05, 0) is 61.0 Å². The second-order valence-electron chi connectivity index (χ2n) is 6.46. The van der Waals surface area contributed by atoms with Crippen molar-refractivity contribution in [2.75, 3.05) is 4.31 Å². The monoisotopic (exact) mass is 430 g/mol. The molecule has 0 fully saturated rings. The van der Waals surface area contributed by atoms with Crippen molar-refractivity contribution in [2.45, 2.75) is 18.4 Å². The molecule has 0 saturated carbocycles. The number of benzene rings is 2. The van der Waals surface area contributed by atoms with Crippen LogP contribution in [0.5, 0.6) is 0 Å². The number of anilines is 1. The highest BCUT2D eigenvalue weighted by Gasteiger charge is 2.26. The lowest BCUT2D eigenvalue weighted by molar-refractivity contribution is 0.589. The number of hydrogen-bond acceptors (Lipinski definition) is 4. The number of fused-ring (bicyclic) bond motifs is 1. The van der Waals surface area contributed by atoms with Gasteiger partial charge in [-0.25, -0.2) is 12.8 Å². The molecule has 0 spiro atoms. The van der Waals surface area contributed by atoms with E-state index in [0.29, 0.717) is 27.7 Å². The van der Waals surface area contributed by atoms with Crippen molar-refractivity contribution >= 4 is 33.0 Å². The van der Waals surface area contributed by atoms with Gasteiger partial charge in [0, 0.05) is 11.2 Å². The Bertz CT molecular complexity index is 1290. The SMILES string of the molecule is Cc1nnc2ccc(S(=O)(=O)N(Cc3cccc(F)c3)c3ccc(Cl)cc3)cn12. The molecule has 0 saturated heterocycles. The minimum Gasteiger partial charge on any atom is -0.285 e. The van der Waals surface area contributed by atoms with E-state index in [1.807, 2.05) is 0 Å². The Morgan fingerprint density at radius 1 is 1.07 bits per heavy atom. The van der Waals surface area contributed by atoms with Crippen LogP contribution in [-0.2, 0) is 16.6 Å². The molecule has 2 heterocycles. The predicted molar refractivity (Wildman–Crippen MR) is 109 cm³/mol. The van der Waals surface area contributed by atoms with Gasteiger partial charge in [0.05, 0.1) is 12.2 Å². The summed E-state index contributed by atoms with van der Waals surface area (Å²) in [5, 5.41) is 8.42. The van der Waals surface area contributed by atoms with E-state index in [4.69, 9.17) is 11.6 Å². The van der Waals surface area contributed by atoms with Crippen molar-refractivity contribution in [3.63, 3.8) is 0 Å². The van der Waals surface area contributed by atoms with Gasteiger partial charge in [-0.1, -0.05) is 23.7 Å². The van der Waals surface area contributed by atoms with Gasteiger partial charge in [0.15, 0.2) is 5.65 Å². The van der Waals surface area contributed by atoms with E-state index >= 15 is 0 Å². The molecule has 0 amide bonds. The summed E-state index contributed by atoms with van der Waals surface area (Å²) in [5.41, 5.74) is 1.48. The Morgan fingerprint density at radius 3 is 2.55 bits per heavy atom. The van der Waals surface area contributed by atoms with E-state index in [1.54, 1.807) is 53.8 Å². The van der Waals surface area contributed by atoms with Crippen molar-refractivity contribution in [3.8, 4) is 0 Å². The van der Waals surface area contributed by atoms with Gasteiger partial charge < -0.3 is 0 Å². The average molecular weight is 431 g/mol. The summed E-state index contributed by atoms with van der Waals surface area (Å²) in [6.45, 7) is 1.70. The van der Waals surface area contributed by atoms with E-state index in [2.05, 4.69) is 10.2 Å². The molecule has 0 aliphatic rings. The van der Waals surface area contributed by atoms with Crippen LogP contribution in [-0.4, -0.2) is 23.0 Å². The Labute approximate surface area is 172 Å². The Kier molecular flexibility index (Phi) is 4.97. The van der Waals surface area contributed by atoms with E-state index in [1.165, 1.54) is 28.7 Å². The third kappa shape index (κ3) is 3.81. The first-order chi connectivity index (χ1) is 13.8. The van der Waals surface area contributed by atoms with Gasteiger partial charge in [-0.2, -0.15) is 0 Å². The summed E-state index contributed by atoms with van der Waals surface area (Å²) in [4.78, 5) is 0.0688. The fourth-order valence-corrected chi connectivity index (χ4v) is 4.57. The summed E-state index contributed by atoms with van der Waals surface area (Å²) < 4.78 is 43.6. The average Bonchev–Trinajstić information content (AvgIpc) is 3.07. The van der Waals surface area contributed by atoms with Crippen LogP contribution in [0.15, 0.2) is 71.8 Å². The lowest BCUT2D eigenvalue weighted by Crippen LogP contribution is -2.30. The zero-order valence-corrected chi connectivity index (χ0v) is 16.9. The van der Waals surface area contributed by atoms with Gasteiger partial charge in [-0.15, -0.1) is 10.2 Å². The molecule has 9 heteroatoms. The molecule has 4 aromatic rings. The molecule has 0 atom stereocenters. The molecule has 6 nitrogen and oxygen atoms in total. The van der Waals surface area contributed by atoms with Gasteiger partial charge in [0.2, 0.25) is 0 Å². The standard InChI is InChI=1S/C20H16ClFN4O2S/c1-14-23-24-20-10-9-19(13-25(14)20)29(27,28)26(18-7-5-16(21)6-8-18)12-15-3-2-4-17(22)11-15/h2-11,13H,12H2,1H3. The third-order valence-electron chi connectivity index (χ3n) is 4.46. The maximum Gasteiger partial charge on any atom is 0.266 e. The van der Waals surface area contributed by atoms with Crippen molar-refractivity contribution in [2.24, 2.45) is 0 Å². The molecule has 0 radical (unpaired) electrons. The Hall–Kier alpha value is -2.97. The molecule has 2 aromatic carbocycles. The van der Waals surface area contributed by atoms with Crippen LogP contribution in [0.4, 0.5) is 10.1 Å². The largest absolute Gasteiger partial charge is 0.285 e. The smallest absolute Gasteiger partial charge is 0.266 e. The van der Waals surface area contributed by atoms with Gasteiger partial charge in [-0.3, -0.25) is 8.71 Å². The van der Waals surface area contributed by atoms with Crippen molar-refractivity contribution in [1.82, 2.24) is 14.6 Å². The van der Waals surface area contributed by atoms with Crippen LogP contribution in [0.25, 0.3) is 5.65 Å². The first kappa shape index (κ1) is 19.4. The van der Waals surface area contributed by atoms with Crippen LogP contribution < -0.4 is 4.31 Å². The lowest BCUT2D eigenvalue weighted by Gasteiger charge is -2.25. The molecule has 0 bridgehead atoms. The molecule has 148 valence electrons. The summed E-state index contributed by atoms with van der Waals surface area (Å²) in [7, 11) is -3.97. The quantitative estimate of drug-likeness (QED) is 0.475. The van der Waals surface area contributed by atoms with E-state index in [0.717, 1.165) is 0 Å². The fourth-order valence-electron chi connectivity index (χ4n) is 2.99. The van der Waals surface area contributed by atoms with Crippen LogP contribution in [0, 0.1) is 12.7 Å². The number of aromatic nitrogens is 3. The second-order valence-corrected chi connectivity index (χ2v) is 8.76. The molecule has 0 N–H and O–H groups in total. The van der Waals surface area contributed by atoms with Crippen LogP contribution in [0.3, 0.4) is 0 Å². The highest BCUT2D eigenvalue weighted by Crippen LogP contribution is 2.27. The number of halogens is 2.